The highest BCUT2D eigenvalue weighted by molar-refractivity contribution is 5.92. The molecule has 7 nitrogen and oxygen atoms in total. The summed E-state index contributed by atoms with van der Waals surface area (Å²) < 4.78 is 5.25. The Kier molecular flexibility index (Phi) is 5.56. The third-order valence-corrected chi connectivity index (χ3v) is 5.81. The molecule has 2 heterocycles. The van der Waals surface area contributed by atoms with Crippen LogP contribution in [-0.4, -0.2) is 46.1 Å². The molecular weight excluding hydrogens is 370 g/mol. The molecule has 0 spiro atoms. The highest BCUT2D eigenvalue weighted by Gasteiger charge is 2.30. The Hall–Kier alpha value is -2.83. The van der Waals surface area contributed by atoms with Crippen LogP contribution in [0.5, 0.6) is 5.75 Å². The summed E-state index contributed by atoms with van der Waals surface area (Å²) in [5, 5.41) is 16.5. The molecule has 1 aromatic heterocycles. The minimum absolute atomic E-state index is 0.0485. The highest BCUT2D eigenvalue weighted by atomic mass is 16.5. The summed E-state index contributed by atoms with van der Waals surface area (Å²) >= 11 is 0. The molecule has 7 heteroatoms. The molecule has 0 atom stereocenters. The van der Waals surface area contributed by atoms with Crippen molar-refractivity contribution in [2.45, 2.75) is 57.4 Å². The molecule has 0 radical (unpaired) electrons. The van der Waals surface area contributed by atoms with Crippen molar-refractivity contribution in [1.29, 1.82) is 0 Å². The Morgan fingerprint density at radius 1 is 1.21 bits per heavy atom. The Balaban J connectivity index is 1.21. The van der Waals surface area contributed by atoms with Gasteiger partial charge in [0.2, 0.25) is 5.91 Å². The van der Waals surface area contributed by atoms with Crippen LogP contribution in [0.4, 0.5) is 0 Å². The minimum Gasteiger partial charge on any atom is -0.508 e. The van der Waals surface area contributed by atoms with Crippen LogP contribution in [0, 0.1) is 6.92 Å². The Morgan fingerprint density at radius 2 is 1.97 bits per heavy atom. The molecule has 1 aliphatic carbocycles. The van der Waals surface area contributed by atoms with E-state index in [1.807, 2.05) is 24.0 Å². The predicted molar refractivity (Wildman–Crippen MR) is 107 cm³/mol. The van der Waals surface area contributed by atoms with E-state index in [2.05, 4.69) is 10.5 Å². The fourth-order valence-corrected chi connectivity index (χ4v) is 3.77. The van der Waals surface area contributed by atoms with Crippen LogP contribution in [-0.2, 0) is 11.2 Å². The minimum atomic E-state index is -0.201. The van der Waals surface area contributed by atoms with Crippen molar-refractivity contribution in [2.24, 2.45) is 0 Å². The number of aromatic nitrogens is 1. The molecule has 1 saturated heterocycles. The highest BCUT2D eigenvalue weighted by Crippen LogP contribution is 2.40. The van der Waals surface area contributed by atoms with E-state index in [0.29, 0.717) is 37.5 Å². The number of nitrogens with zero attached hydrogens (tertiary/aromatic N) is 2. The summed E-state index contributed by atoms with van der Waals surface area (Å²) in [6.07, 6.45) is 4.80. The molecule has 1 aliphatic heterocycles. The number of benzene rings is 1. The molecule has 2 aromatic rings. The van der Waals surface area contributed by atoms with E-state index in [9.17, 15) is 14.7 Å². The van der Waals surface area contributed by atoms with Crippen molar-refractivity contribution in [3.05, 3.63) is 46.8 Å². The molecule has 154 valence electrons. The first kappa shape index (κ1) is 19.5. The summed E-state index contributed by atoms with van der Waals surface area (Å²) in [6, 6.07) is 7.24. The van der Waals surface area contributed by atoms with Crippen LogP contribution in [0.3, 0.4) is 0 Å². The lowest BCUT2D eigenvalue weighted by Gasteiger charge is -2.32. The third kappa shape index (κ3) is 4.78. The largest absolute Gasteiger partial charge is 0.508 e. The van der Waals surface area contributed by atoms with Crippen LogP contribution < -0.4 is 5.32 Å². The standard InChI is InChI=1S/C22H27N3O4/c1-14-12-15(2-6-19(14)26)3-7-21(27)25-10-8-17(9-11-25)23-22(28)18-13-20(29-24-18)16-4-5-16/h2,6,12-13,16-17,26H,3-5,7-11H2,1H3,(H,23,28). The summed E-state index contributed by atoms with van der Waals surface area (Å²) in [5.74, 6) is 1.45. The first-order chi connectivity index (χ1) is 14.0. The van der Waals surface area contributed by atoms with Gasteiger partial charge < -0.3 is 19.8 Å². The van der Waals surface area contributed by atoms with E-state index in [-0.39, 0.29) is 23.6 Å². The number of phenolic OH excluding ortho intramolecular Hbond substituents is 1. The molecular formula is C22H27N3O4. The van der Waals surface area contributed by atoms with Gasteiger partial charge >= 0.3 is 0 Å². The summed E-state index contributed by atoms with van der Waals surface area (Å²) in [6.45, 7) is 3.14. The number of amides is 2. The van der Waals surface area contributed by atoms with Gasteiger partial charge in [0.15, 0.2) is 5.69 Å². The lowest BCUT2D eigenvalue weighted by molar-refractivity contribution is -0.132. The Bertz CT molecular complexity index is 895. The van der Waals surface area contributed by atoms with Gasteiger partial charge in [0, 0.05) is 37.5 Å². The molecule has 2 aliphatic rings. The van der Waals surface area contributed by atoms with E-state index in [1.54, 1.807) is 12.1 Å². The van der Waals surface area contributed by atoms with Crippen molar-refractivity contribution in [2.75, 3.05) is 13.1 Å². The second-order valence-corrected chi connectivity index (χ2v) is 8.14. The van der Waals surface area contributed by atoms with E-state index < -0.39 is 0 Å². The van der Waals surface area contributed by atoms with Crippen molar-refractivity contribution >= 4 is 11.8 Å². The number of rotatable bonds is 6. The van der Waals surface area contributed by atoms with Gasteiger partial charge in [-0.15, -0.1) is 0 Å². The molecule has 1 aromatic carbocycles. The number of phenols is 1. The normalized spacial score (nSPS) is 17.3. The SMILES string of the molecule is Cc1cc(CCC(=O)N2CCC(NC(=O)c3cc(C4CC4)on3)CC2)ccc1O. The van der Waals surface area contributed by atoms with Crippen LogP contribution in [0.2, 0.25) is 0 Å². The van der Waals surface area contributed by atoms with Gasteiger partial charge in [-0.2, -0.15) is 0 Å². The predicted octanol–water partition coefficient (Wildman–Crippen LogP) is 2.92. The van der Waals surface area contributed by atoms with Gasteiger partial charge in [-0.05, 0) is 56.2 Å². The number of nitrogens with one attached hydrogen (secondary N) is 1. The average Bonchev–Trinajstić information content (AvgIpc) is 3.45. The lowest BCUT2D eigenvalue weighted by atomic mass is 10.0. The van der Waals surface area contributed by atoms with Crippen LogP contribution in [0.1, 0.15) is 65.4 Å². The first-order valence-corrected chi connectivity index (χ1v) is 10.3. The van der Waals surface area contributed by atoms with Gasteiger partial charge in [0.1, 0.15) is 11.5 Å². The number of carbonyl (C=O) groups excluding carboxylic acids is 2. The maximum absolute atomic E-state index is 12.5. The number of aryl methyl sites for hydroxylation is 2. The first-order valence-electron chi connectivity index (χ1n) is 10.3. The van der Waals surface area contributed by atoms with E-state index in [1.165, 1.54) is 0 Å². The van der Waals surface area contributed by atoms with Crippen LogP contribution in [0.25, 0.3) is 0 Å². The summed E-state index contributed by atoms with van der Waals surface area (Å²) in [7, 11) is 0. The van der Waals surface area contributed by atoms with E-state index in [4.69, 9.17) is 4.52 Å². The molecule has 0 bridgehead atoms. The van der Waals surface area contributed by atoms with Crippen molar-refractivity contribution in [1.82, 2.24) is 15.4 Å². The van der Waals surface area contributed by atoms with Crippen LogP contribution >= 0.6 is 0 Å². The number of likely N-dealkylation sites (tertiary alicyclic amines) is 1. The zero-order valence-corrected chi connectivity index (χ0v) is 16.7. The smallest absolute Gasteiger partial charge is 0.273 e. The number of aromatic hydroxyl groups is 1. The number of hydrogen-bond donors (Lipinski definition) is 2. The fraction of sp³-hybridized carbons (Fsp3) is 0.500. The van der Waals surface area contributed by atoms with E-state index >= 15 is 0 Å². The maximum Gasteiger partial charge on any atom is 0.273 e. The zero-order chi connectivity index (χ0) is 20.4. The van der Waals surface area contributed by atoms with Gasteiger partial charge in [0.05, 0.1) is 0 Å². The molecule has 2 fully saturated rings. The second kappa shape index (κ2) is 8.27. The Labute approximate surface area is 170 Å². The number of piperidine rings is 1. The number of carbonyl (C=O) groups is 2. The van der Waals surface area contributed by atoms with Crippen molar-refractivity contribution < 1.29 is 19.2 Å². The maximum atomic E-state index is 12.5. The summed E-state index contributed by atoms with van der Waals surface area (Å²) in [4.78, 5) is 26.7. The van der Waals surface area contributed by atoms with Gasteiger partial charge in [0.25, 0.3) is 5.91 Å². The fourth-order valence-electron chi connectivity index (χ4n) is 3.77. The monoisotopic (exact) mass is 397 g/mol. The van der Waals surface area contributed by atoms with Crippen molar-refractivity contribution in [3.8, 4) is 5.75 Å². The molecule has 29 heavy (non-hydrogen) atoms. The lowest BCUT2D eigenvalue weighted by Crippen LogP contribution is -2.46. The number of hydrogen-bond acceptors (Lipinski definition) is 5. The second-order valence-electron chi connectivity index (χ2n) is 8.14. The quantitative estimate of drug-likeness (QED) is 0.781. The Morgan fingerprint density at radius 3 is 2.66 bits per heavy atom. The zero-order valence-electron chi connectivity index (χ0n) is 16.7. The molecule has 4 rings (SSSR count). The molecule has 0 unspecified atom stereocenters. The molecule has 2 amide bonds. The van der Waals surface area contributed by atoms with Gasteiger partial charge in [-0.3, -0.25) is 9.59 Å². The average molecular weight is 397 g/mol. The summed E-state index contributed by atoms with van der Waals surface area (Å²) in [5.41, 5.74) is 2.21. The van der Waals surface area contributed by atoms with Gasteiger partial charge in [-0.1, -0.05) is 17.3 Å². The van der Waals surface area contributed by atoms with Crippen LogP contribution in [0.15, 0.2) is 28.8 Å². The topological polar surface area (TPSA) is 95.7 Å². The van der Waals surface area contributed by atoms with Crippen molar-refractivity contribution in [3.63, 3.8) is 0 Å². The van der Waals surface area contributed by atoms with E-state index in [0.717, 1.165) is 42.6 Å². The molecule has 1 saturated carbocycles. The third-order valence-electron chi connectivity index (χ3n) is 5.81. The van der Waals surface area contributed by atoms with Gasteiger partial charge in [-0.25, -0.2) is 0 Å². The molecule has 2 N–H and O–H groups in total.